The smallest absolute Gasteiger partial charge is 0.166 e. The minimum atomic E-state index is -0.519. The van der Waals surface area contributed by atoms with Crippen molar-refractivity contribution in [3.8, 4) is 11.8 Å². The maximum absolute atomic E-state index is 6.06. The molecule has 2 aromatic rings. The predicted octanol–water partition coefficient (Wildman–Crippen LogP) is 4.87. The van der Waals surface area contributed by atoms with Crippen molar-refractivity contribution in [2.75, 3.05) is 6.61 Å². The van der Waals surface area contributed by atoms with E-state index in [1.54, 1.807) is 11.3 Å². The van der Waals surface area contributed by atoms with Gasteiger partial charge in [-0.25, -0.2) is 0 Å². The molecule has 1 fully saturated rings. The predicted molar refractivity (Wildman–Crippen MR) is 92.7 cm³/mol. The summed E-state index contributed by atoms with van der Waals surface area (Å²) in [5.74, 6) is 6.63. The minimum Gasteiger partial charge on any atom is -0.357 e. The van der Waals surface area contributed by atoms with Crippen LogP contribution in [0.5, 0.6) is 0 Å². The average Bonchev–Trinajstić information content (AvgIpc) is 3.08. The number of hydrogen-bond donors (Lipinski definition) is 0. The van der Waals surface area contributed by atoms with Crippen molar-refractivity contribution in [1.29, 1.82) is 0 Å². The summed E-state index contributed by atoms with van der Waals surface area (Å²) in [6.45, 7) is 0.745. The van der Waals surface area contributed by atoms with Crippen molar-refractivity contribution in [2.45, 2.75) is 15.9 Å². The zero-order valence-corrected chi connectivity index (χ0v) is 14.3. The van der Waals surface area contributed by atoms with E-state index in [2.05, 4.69) is 34.4 Å². The fraction of sp³-hybridized carbons (Fsp3) is 0.250. The lowest BCUT2D eigenvalue weighted by molar-refractivity contribution is 0.0559. The third kappa shape index (κ3) is 2.75. The van der Waals surface area contributed by atoms with Crippen LogP contribution in [0.1, 0.15) is 16.9 Å². The third-order valence-electron chi connectivity index (χ3n) is 3.31. The molecule has 0 saturated carbocycles. The van der Waals surface area contributed by atoms with Crippen molar-refractivity contribution in [1.82, 2.24) is 0 Å². The van der Waals surface area contributed by atoms with Gasteiger partial charge in [-0.2, -0.15) is 0 Å². The van der Waals surface area contributed by atoms with E-state index in [0.29, 0.717) is 3.92 Å². The maximum atomic E-state index is 6.06. The molecule has 1 aliphatic heterocycles. The van der Waals surface area contributed by atoms with Gasteiger partial charge in [-0.05, 0) is 35.6 Å². The van der Waals surface area contributed by atoms with E-state index in [1.165, 1.54) is 0 Å². The van der Waals surface area contributed by atoms with Crippen LogP contribution in [0.3, 0.4) is 0 Å². The number of thiophene rings is 1. The molecule has 1 nitrogen and oxygen atoms in total. The molecule has 0 aliphatic carbocycles. The molecule has 0 radical (unpaired) electrons. The van der Waals surface area contributed by atoms with Crippen LogP contribution in [0.2, 0.25) is 5.02 Å². The van der Waals surface area contributed by atoms with Crippen molar-refractivity contribution in [3.05, 3.63) is 57.2 Å². The Labute approximate surface area is 141 Å². The highest BCUT2D eigenvalue weighted by Gasteiger charge is 2.43. The van der Waals surface area contributed by atoms with Crippen LogP contribution in [0.15, 0.2) is 41.8 Å². The summed E-state index contributed by atoms with van der Waals surface area (Å²) in [6.07, 6.45) is 1.02. The number of hydrogen-bond acceptors (Lipinski definition) is 2. The quantitative estimate of drug-likeness (QED) is 0.367. The summed E-state index contributed by atoms with van der Waals surface area (Å²) in [7, 11) is 0. The van der Waals surface area contributed by atoms with Gasteiger partial charge >= 0.3 is 0 Å². The topological polar surface area (TPSA) is 9.23 Å². The van der Waals surface area contributed by atoms with Crippen LogP contribution < -0.4 is 0 Å². The first kappa shape index (κ1) is 14.4. The lowest BCUT2D eigenvalue weighted by Gasteiger charge is -2.26. The minimum absolute atomic E-state index is 0.341. The lowest BCUT2D eigenvalue weighted by Crippen LogP contribution is -2.31. The zero-order valence-electron chi connectivity index (χ0n) is 10.6. The molecular weight excluding hydrogens is 403 g/mol. The van der Waals surface area contributed by atoms with Crippen LogP contribution >= 0.6 is 45.5 Å². The third-order valence-corrected chi connectivity index (χ3v) is 5.84. The van der Waals surface area contributed by atoms with Gasteiger partial charge < -0.3 is 4.74 Å². The van der Waals surface area contributed by atoms with E-state index in [1.807, 2.05) is 41.8 Å². The van der Waals surface area contributed by atoms with Gasteiger partial charge in [-0.3, -0.25) is 0 Å². The first-order valence-electron chi connectivity index (χ1n) is 6.31. The number of halogens is 2. The molecule has 0 bridgehead atoms. The number of ether oxygens (including phenoxy) is 1. The molecule has 2 heterocycles. The van der Waals surface area contributed by atoms with Gasteiger partial charge in [0, 0.05) is 5.02 Å². The largest absolute Gasteiger partial charge is 0.357 e. The second kappa shape index (κ2) is 6.07. The second-order valence-corrected chi connectivity index (χ2v) is 7.46. The van der Waals surface area contributed by atoms with Crippen LogP contribution in [0.4, 0.5) is 0 Å². The lowest BCUT2D eigenvalue weighted by atomic mass is 9.91. The van der Waals surface area contributed by atoms with Crippen molar-refractivity contribution in [2.24, 2.45) is 0 Å². The highest BCUT2D eigenvalue weighted by atomic mass is 127. The summed E-state index contributed by atoms with van der Waals surface area (Å²) < 4.78 is 6.40. The first-order chi connectivity index (χ1) is 9.71. The monoisotopic (exact) mass is 414 g/mol. The van der Waals surface area contributed by atoms with Crippen LogP contribution in [-0.2, 0) is 10.3 Å². The van der Waals surface area contributed by atoms with E-state index in [9.17, 15) is 0 Å². The molecule has 4 heteroatoms. The molecule has 1 aromatic heterocycles. The number of benzene rings is 1. The Kier molecular flexibility index (Phi) is 4.37. The highest BCUT2D eigenvalue weighted by Crippen LogP contribution is 2.41. The Morgan fingerprint density at radius 2 is 2.10 bits per heavy atom. The fourth-order valence-corrected chi connectivity index (χ4v) is 3.92. The molecule has 20 heavy (non-hydrogen) atoms. The summed E-state index contributed by atoms with van der Waals surface area (Å²) in [5, 5.41) is 2.77. The van der Waals surface area contributed by atoms with Crippen LogP contribution in [-0.4, -0.2) is 10.5 Å². The molecule has 2 atom stereocenters. The van der Waals surface area contributed by atoms with Crippen molar-refractivity contribution >= 4 is 45.5 Å². The molecule has 0 N–H and O–H groups in total. The molecule has 1 aliphatic rings. The van der Waals surface area contributed by atoms with Gasteiger partial charge in [-0.1, -0.05) is 64.2 Å². The van der Waals surface area contributed by atoms with Gasteiger partial charge in [0.25, 0.3) is 0 Å². The Hall–Kier alpha value is -0.540. The van der Waals surface area contributed by atoms with E-state index in [-0.39, 0.29) is 0 Å². The maximum Gasteiger partial charge on any atom is 0.166 e. The average molecular weight is 415 g/mol. The SMILES string of the molecule is Clc1ccc([C@]2(C#Cc3cccs3)OCC[C@H]2I)cc1. The van der Waals surface area contributed by atoms with E-state index in [0.717, 1.165) is 28.5 Å². The first-order valence-corrected chi connectivity index (χ1v) is 8.82. The molecule has 1 saturated heterocycles. The second-order valence-electron chi connectivity index (χ2n) is 4.57. The molecule has 0 spiro atoms. The molecule has 3 rings (SSSR count). The summed E-state index contributed by atoms with van der Waals surface area (Å²) in [6, 6.07) is 11.9. The van der Waals surface area contributed by atoms with E-state index in [4.69, 9.17) is 16.3 Å². The van der Waals surface area contributed by atoms with Gasteiger partial charge in [0.2, 0.25) is 0 Å². The van der Waals surface area contributed by atoms with Crippen molar-refractivity contribution < 1.29 is 4.74 Å². The molecular formula is C16H12ClIOS. The Morgan fingerprint density at radius 3 is 2.70 bits per heavy atom. The Balaban J connectivity index is 2.03. The van der Waals surface area contributed by atoms with Gasteiger partial charge in [0.1, 0.15) is 0 Å². The highest BCUT2D eigenvalue weighted by molar-refractivity contribution is 14.1. The van der Waals surface area contributed by atoms with Crippen LogP contribution in [0, 0.1) is 11.8 Å². The molecule has 102 valence electrons. The van der Waals surface area contributed by atoms with Crippen molar-refractivity contribution in [3.63, 3.8) is 0 Å². The standard InChI is InChI=1S/C16H12ClIOS/c17-13-5-3-12(4-6-13)16(15(18)8-10-19-16)9-7-14-2-1-11-20-14/h1-6,11,15H,8,10H2/t15-,16+/m1/s1. The summed E-state index contributed by atoms with van der Waals surface area (Å²) in [4.78, 5) is 1.07. The normalized spacial score (nSPS) is 25.2. The number of alkyl halides is 1. The Morgan fingerprint density at radius 1 is 1.30 bits per heavy atom. The summed E-state index contributed by atoms with van der Waals surface area (Å²) in [5.41, 5.74) is 0.567. The summed E-state index contributed by atoms with van der Waals surface area (Å²) >= 11 is 10.1. The number of rotatable bonds is 1. The van der Waals surface area contributed by atoms with Crippen LogP contribution in [0.25, 0.3) is 0 Å². The van der Waals surface area contributed by atoms with E-state index >= 15 is 0 Å². The van der Waals surface area contributed by atoms with Gasteiger partial charge in [0.05, 0.1) is 15.4 Å². The molecule has 1 aromatic carbocycles. The Bertz CT molecular complexity index is 641. The van der Waals surface area contributed by atoms with Gasteiger partial charge in [0.15, 0.2) is 5.60 Å². The fourth-order valence-electron chi connectivity index (χ4n) is 2.27. The zero-order chi connectivity index (χ0) is 14.0. The van der Waals surface area contributed by atoms with E-state index < -0.39 is 5.60 Å². The van der Waals surface area contributed by atoms with Gasteiger partial charge in [-0.15, -0.1) is 11.3 Å². The molecule has 0 amide bonds. The molecule has 0 unspecified atom stereocenters.